The number of likely N-dealkylation sites (tertiary alicyclic amines) is 1. The summed E-state index contributed by atoms with van der Waals surface area (Å²) in [6.07, 6.45) is 1.94. The van der Waals surface area contributed by atoms with Crippen molar-refractivity contribution in [1.82, 2.24) is 4.90 Å². The maximum absolute atomic E-state index is 13.8. The molecule has 2 aromatic carbocycles. The van der Waals surface area contributed by atoms with Gasteiger partial charge in [-0.15, -0.1) is 0 Å². The van der Waals surface area contributed by atoms with Crippen molar-refractivity contribution in [2.75, 3.05) is 11.9 Å². The molecule has 0 radical (unpaired) electrons. The standard InChI is InChI=1S/C24H22Cl2N2O4/c25-16-3-1-2-14(8-16)19-9-15(10-21(29)30)22(31)28(12-13-4-5-13)24(19)18-7-6-17(26)11-20(18)27-23(24)32/h1-3,6-8,11,13,15,19H,4-5,9-10,12H2,(H,27,32)(H,29,30)/t15-,19-,24-/m1/s1. The van der Waals surface area contributed by atoms with E-state index < -0.39 is 23.3 Å². The van der Waals surface area contributed by atoms with Gasteiger partial charge in [-0.05, 0) is 55.0 Å². The number of anilines is 1. The molecule has 0 unspecified atom stereocenters. The molecule has 3 aliphatic rings. The van der Waals surface area contributed by atoms with Gasteiger partial charge in [0.1, 0.15) is 0 Å². The highest BCUT2D eigenvalue weighted by molar-refractivity contribution is 6.31. The Morgan fingerprint density at radius 3 is 2.56 bits per heavy atom. The fourth-order valence-electron chi connectivity index (χ4n) is 5.32. The molecule has 6 nitrogen and oxygen atoms in total. The van der Waals surface area contributed by atoms with Crippen LogP contribution >= 0.6 is 23.2 Å². The van der Waals surface area contributed by atoms with Gasteiger partial charge in [0.15, 0.2) is 5.54 Å². The van der Waals surface area contributed by atoms with Gasteiger partial charge in [-0.2, -0.15) is 0 Å². The Morgan fingerprint density at radius 2 is 1.88 bits per heavy atom. The first kappa shape index (κ1) is 21.3. The predicted octanol–water partition coefficient (Wildman–Crippen LogP) is 4.66. The van der Waals surface area contributed by atoms with Crippen molar-refractivity contribution in [2.45, 2.75) is 37.1 Å². The molecule has 2 amide bonds. The Balaban J connectivity index is 1.74. The SMILES string of the molecule is O=C(O)C[C@H]1C[C@H](c2cccc(Cl)c2)[C@]2(C(=O)Nc3cc(Cl)ccc32)N(CC2CC2)C1=O. The molecule has 1 saturated heterocycles. The molecule has 5 rings (SSSR count). The number of hydrogen-bond acceptors (Lipinski definition) is 3. The minimum Gasteiger partial charge on any atom is -0.481 e. The smallest absolute Gasteiger partial charge is 0.304 e. The van der Waals surface area contributed by atoms with Crippen LogP contribution in [0.3, 0.4) is 0 Å². The molecule has 2 N–H and O–H groups in total. The van der Waals surface area contributed by atoms with E-state index in [9.17, 15) is 19.5 Å². The van der Waals surface area contributed by atoms with Gasteiger partial charge in [-0.3, -0.25) is 14.4 Å². The molecule has 166 valence electrons. The highest BCUT2D eigenvalue weighted by Gasteiger charge is 2.62. The number of halogens is 2. The van der Waals surface area contributed by atoms with Crippen LogP contribution in [0.2, 0.25) is 10.0 Å². The third-order valence-electron chi connectivity index (χ3n) is 6.86. The van der Waals surface area contributed by atoms with Crippen LogP contribution in [0, 0.1) is 11.8 Å². The van der Waals surface area contributed by atoms with Gasteiger partial charge in [0, 0.05) is 39.7 Å². The summed E-state index contributed by atoms with van der Waals surface area (Å²) >= 11 is 12.5. The zero-order valence-corrected chi connectivity index (χ0v) is 18.7. The van der Waals surface area contributed by atoms with E-state index in [1.54, 1.807) is 35.2 Å². The average Bonchev–Trinajstić information content (AvgIpc) is 3.51. The number of aliphatic carboxylic acids is 1. The Kier molecular flexibility index (Phi) is 5.18. The van der Waals surface area contributed by atoms with E-state index in [2.05, 4.69) is 5.32 Å². The lowest BCUT2D eigenvalue weighted by molar-refractivity contribution is -0.160. The maximum atomic E-state index is 13.8. The van der Waals surface area contributed by atoms with Gasteiger partial charge in [-0.1, -0.05) is 41.4 Å². The van der Waals surface area contributed by atoms with E-state index >= 15 is 0 Å². The summed E-state index contributed by atoms with van der Waals surface area (Å²) in [5, 5.41) is 13.4. The van der Waals surface area contributed by atoms with Crippen molar-refractivity contribution in [3.8, 4) is 0 Å². The van der Waals surface area contributed by atoms with Gasteiger partial charge in [0.05, 0.1) is 6.42 Å². The fraction of sp³-hybridized carbons (Fsp3) is 0.375. The van der Waals surface area contributed by atoms with Crippen molar-refractivity contribution in [2.24, 2.45) is 11.8 Å². The highest BCUT2D eigenvalue weighted by Crippen LogP contribution is 2.56. The summed E-state index contributed by atoms with van der Waals surface area (Å²) < 4.78 is 0. The second-order valence-electron chi connectivity index (χ2n) is 8.94. The summed E-state index contributed by atoms with van der Waals surface area (Å²) in [6.45, 7) is 0.418. The minimum absolute atomic E-state index is 0.238. The zero-order valence-electron chi connectivity index (χ0n) is 17.2. The van der Waals surface area contributed by atoms with E-state index in [0.717, 1.165) is 18.4 Å². The number of rotatable bonds is 5. The van der Waals surface area contributed by atoms with E-state index in [4.69, 9.17) is 23.2 Å². The first-order valence-corrected chi connectivity index (χ1v) is 11.5. The number of piperidine rings is 1. The number of nitrogens with one attached hydrogen (secondary N) is 1. The lowest BCUT2D eigenvalue weighted by Crippen LogP contribution is -2.62. The van der Waals surface area contributed by atoms with Crippen molar-refractivity contribution in [3.05, 3.63) is 63.6 Å². The van der Waals surface area contributed by atoms with Crippen molar-refractivity contribution < 1.29 is 19.5 Å². The summed E-state index contributed by atoms with van der Waals surface area (Å²) in [5.74, 6) is -2.46. The third-order valence-corrected chi connectivity index (χ3v) is 7.33. The third kappa shape index (κ3) is 3.37. The molecular formula is C24H22Cl2N2O4. The molecule has 2 aromatic rings. The molecule has 8 heteroatoms. The van der Waals surface area contributed by atoms with Crippen molar-refractivity contribution in [1.29, 1.82) is 0 Å². The lowest BCUT2D eigenvalue weighted by atomic mass is 9.66. The molecule has 1 saturated carbocycles. The second-order valence-corrected chi connectivity index (χ2v) is 9.81. The first-order chi connectivity index (χ1) is 15.3. The molecule has 1 spiro atoms. The number of carboxylic acid groups (broad SMARTS) is 1. The molecule has 1 aliphatic carbocycles. The first-order valence-electron chi connectivity index (χ1n) is 10.7. The molecule has 2 heterocycles. The normalized spacial score (nSPS) is 26.9. The Labute approximate surface area is 195 Å². The van der Waals surface area contributed by atoms with E-state index in [-0.39, 0.29) is 24.7 Å². The Bertz CT molecular complexity index is 1130. The molecular weight excluding hydrogens is 451 g/mol. The molecule has 32 heavy (non-hydrogen) atoms. The van der Waals surface area contributed by atoms with Crippen LogP contribution in [0.5, 0.6) is 0 Å². The van der Waals surface area contributed by atoms with Crippen LogP contribution in [0.25, 0.3) is 0 Å². The average molecular weight is 473 g/mol. The molecule has 0 aromatic heterocycles. The zero-order chi connectivity index (χ0) is 22.6. The van der Waals surface area contributed by atoms with Gasteiger partial charge in [0.25, 0.3) is 5.91 Å². The van der Waals surface area contributed by atoms with Crippen LogP contribution in [0.15, 0.2) is 42.5 Å². The van der Waals surface area contributed by atoms with Crippen molar-refractivity contribution >= 4 is 46.7 Å². The number of benzene rings is 2. The summed E-state index contributed by atoms with van der Waals surface area (Å²) in [4.78, 5) is 40.7. The number of nitrogens with zero attached hydrogens (tertiary/aromatic N) is 1. The number of carboxylic acids is 1. The second kappa shape index (κ2) is 7.78. The monoisotopic (exact) mass is 472 g/mol. The van der Waals surface area contributed by atoms with E-state index in [1.165, 1.54) is 0 Å². The highest BCUT2D eigenvalue weighted by atomic mass is 35.5. The van der Waals surface area contributed by atoms with E-state index in [1.807, 2.05) is 12.1 Å². The van der Waals surface area contributed by atoms with Crippen LogP contribution in [0.4, 0.5) is 5.69 Å². The fourth-order valence-corrected chi connectivity index (χ4v) is 5.69. The minimum atomic E-state index is -1.28. The van der Waals surface area contributed by atoms with Crippen LogP contribution in [-0.2, 0) is 19.9 Å². The summed E-state index contributed by atoms with van der Waals surface area (Å²) in [7, 11) is 0. The van der Waals surface area contributed by atoms with Crippen LogP contribution in [0.1, 0.15) is 42.7 Å². The van der Waals surface area contributed by atoms with Crippen LogP contribution < -0.4 is 5.32 Å². The van der Waals surface area contributed by atoms with Gasteiger partial charge in [-0.25, -0.2) is 0 Å². The Hall–Kier alpha value is -2.57. The largest absolute Gasteiger partial charge is 0.481 e. The number of fused-ring (bicyclic) bond motifs is 2. The topological polar surface area (TPSA) is 86.7 Å². The van der Waals surface area contributed by atoms with Crippen molar-refractivity contribution in [3.63, 3.8) is 0 Å². The number of carbonyl (C=O) groups excluding carboxylic acids is 2. The van der Waals surface area contributed by atoms with Gasteiger partial charge < -0.3 is 15.3 Å². The van der Waals surface area contributed by atoms with Gasteiger partial charge in [0.2, 0.25) is 5.91 Å². The van der Waals surface area contributed by atoms with Gasteiger partial charge >= 0.3 is 5.97 Å². The van der Waals surface area contributed by atoms with Crippen LogP contribution in [-0.4, -0.2) is 34.3 Å². The number of amides is 2. The molecule has 2 aliphatic heterocycles. The maximum Gasteiger partial charge on any atom is 0.304 e. The molecule has 3 atom stereocenters. The molecule has 0 bridgehead atoms. The van der Waals surface area contributed by atoms with E-state index in [0.29, 0.717) is 33.8 Å². The predicted molar refractivity (Wildman–Crippen MR) is 121 cm³/mol. The summed E-state index contributed by atoms with van der Waals surface area (Å²) in [5.41, 5.74) is 0.804. The number of hydrogen-bond donors (Lipinski definition) is 2. The molecule has 2 fully saturated rings. The summed E-state index contributed by atoms with van der Waals surface area (Å²) in [6, 6.07) is 12.5. The quantitative estimate of drug-likeness (QED) is 0.662. The number of carbonyl (C=O) groups is 3. The Morgan fingerprint density at radius 1 is 1.12 bits per heavy atom. The lowest BCUT2D eigenvalue weighted by Gasteiger charge is -2.51.